The van der Waals surface area contributed by atoms with Gasteiger partial charge in [-0.05, 0) is 24.3 Å². The molecule has 0 aliphatic carbocycles. The molecule has 1 aromatic carbocycles. The van der Waals surface area contributed by atoms with Crippen LogP contribution in [0.25, 0.3) is 0 Å². The highest BCUT2D eigenvalue weighted by Gasteiger charge is 2.42. The minimum atomic E-state index is -0.565. The van der Waals surface area contributed by atoms with E-state index in [0.29, 0.717) is 5.69 Å². The topological polar surface area (TPSA) is 80.3 Å². The monoisotopic (exact) mass is 341 g/mol. The Balaban J connectivity index is 2.09. The number of quaternary nitrogens is 1. The van der Waals surface area contributed by atoms with Crippen molar-refractivity contribution in [3.8, 4) is 0 Å². The maximum Gasteiger partial charge on any atom is 0.361 e. The number of nitrogens with zero attached hydrogens (tertiary/aromatic N) is 1. The Bertz CT molecular complexity index is 544. The van der Waals surface area contributed by atoms with Gasteiger partial charge in [0.2, 0.25) is 5.91 Å². The van der Waals surface area contributed by atoms with Gasteiger partial charge in [0.15, 0.2) is 12.6 Å². The van der Waals surface area contributed by atoms with Gasteiger partial charge in [-0.15, -0.1) is 0 Å². The second-order valence-electron chi connectivity index (χ2n) is 4.37. The van der Waals surface area contributed by atoms with Crippen molar-refractivity contribution in [1.29, 1.82) is 0 Å². The number of esters is 1. The van der Waals surface area contributed by atoms with Crippen molar-refractivity contribution in [2.75, 3.05) is 18.6 Å². The number of hydrogen-bond donors (Lipinski definition) is 1. The zero-order valence-corrected chi connectivity index (χ0v) is 12.4. The third kappa shape index (κ3) is 3.05. The number of hydrogen-bond acceptors (Lipinski definition) is 4. The Labute approximate surface area is 124 Å². The van der Waals surface area contributed by atoms with E-state index in [9.17, 15) is 14.4 Å². The third-order valence-corrected chi connectivity index (χ3v) is 3.59. The lowest BCUT2D eigenvalue weighted by Gasteiger charge is -2.14. The van der Waals surface area contributed by atoms with Crippen LogP contribution in [0.4, 0.5) is 5.69 Å². The van der Waals surface area contributed by atoms with Crippen molar-refractivity contribution in [3.63, 3.8) is 0 Å². The van der Waals surface area contributed by atoms with Gasteiger partial charge in [-0.1, -0.05) is 15.9 Å². The van der Waals surface area contributed by atoms with Gasteiger partial charge in [0.05, 0.1) is 19.2 Å². The highest BCUT2D eigenvalue weighted by Crippen LogP contribution is 2.23. The first-order chi connectivity index (χ1) is 9.52. The van der Waals surface area contributed by atoms with Crippen molar-refractivity contribution in [1.82, 2.24) is 0 Å². The fraction of sp³-hybridized carbons (Fsp3) is 0.308. The molecule has 7 heteroatoms. The quantitative estimate of drug-likeness (QED) is 0.608. The molecule has 1 fully saturated rings. The number of ether oxygens (including phenoxy) is 1. The van der Waals surface area contributed by atoms with Gasteiger partial charge in [0, 0.05) is 4.47 Å². The van der Waals surface area contributed by atoms with Crippen LogP contribution in [0.15, 0.2) is 28.7 Å². The van der Waals surface area contributed by atoms with Gasteiger partial charge in [0.1, 0.15) is 0 Å². The number of rotatable bonds is 4. The maximum atomic E-state index is 12.2. The summed E-state index contributed by atoms with van der Waals surface area (Å²) in [6.45, 7) is 0.0222. The molecule has 0 unspecified atom stereocenters. The van der Waals surface area contributed by atoms with E-state index in [2.05, 4.69) is 20.7 Å². The van der Waals surface area contributed by atoms with Crippen molar-refractivity contribution in [2.45, 2.75) is 12.5 Å². The number of amides is 2. The molecule has 2 rings (SSSR count). The molecule has 1 aromatic rings. The molecule has 1 aliphatic rings. The van der Waals surface area contributed by atoms with Crippen LogP contribution < -0.4 is 10.2 Å². The van der Waals surface area contributed by atoms with Crippen molar-refractivity contribution in [2.24, 2.45) is 0 Å². The Kier molecular flexibility index (Phi) is 4.51. The molecule has 106 valence electrons. The van der Waals surface area contributed by atoms with E-state index in [1.807, 2.05) is 0 Å². The molecule has 1 saturated heterocycles. The largest absolute Gasteiger partial charge is 0.465 e. The van der Waals surface area contributed by atoms with Crippen LogP contribution in [0.1, 0.15) is 6.42 Å². The lowest BCUT2D eigenvalue weighted by Crippen LogP contribution is -2.93. The first kappa shape index (κ1) is 14.7. The second-order valence-corrected chi connectivity index (χ2v) is 5.29. The molecule has 0 aromatic heterocycles. The number of carbonyl (C=O) groups excluding carboxylic acids is 3. The Morgan fingerprint density at radius 3 is 2.65 bits per heavy atom. The van der Waals surface area contributed by atoms with Crippen LogP contribution in [0.3, 0.4) is 0 Å². The van der Waals surface area contributed by atoms with E-state index in [1.165, 1.54) is 12.4 Å². The molecule has 0 spiro atoms. The van der Waals surface area contributed by atoms with Crippen molar-refractivity contribution < 1.29 is 24.4 Å². The van der Waals surface area contributed by atoms with E-state index in [0.717, 1.165) is 9.37 Å². The van der Waals surface area contributed by atoms with Crippen LogP contribution in [0, 0.1) is 0 Å². The third-order valence-electron chi connectivity index (χ3n) is 3.06. The van der Waals surface area contributed by atoms with E-state index >= 15 is 0 Å². The maximum absolute atomic E-state index is 12.2. The smallest absolute Gasteiger partial charge is 0.361 e. The second kappa shape index (κ2) is 6.15. The molecule has 0 radical (unpaired) electrons. The Morgan fingerprint density at radius 2 is 2.05 bits per heavy atom. The Morgan fingerprint density at radius 1 is 1.40 bits per heavy atom. The van der Waals surface area contributed by atoms with Crippen LogP contribution in [0.5, 0.6) is 0 Å². The predicted octanol–water partition coefficient (Wildman–Crippen LogP) is -0.183. The number of carbonyl (C=O) groups is 3. The Hall–Kier alpha value is -1.73. The average Bonchev–Trinajstić information content (AvgIpc) is 2.72. The minimum Gasteiger partial charge on any atom is -0.465 e. The van der Waals surface area contributed by atoms with Crippen LogP contribution >= 0.6 is 15.9 Å². The van der Waals surface area contributed by atoms with Gasteiger partial charge in [-0.3, -0.25) is 9.59 Å². The summed E-state index contributed by atoms with van der Waals surface area (Å²) < 4.78 is 5.38. The lowest BCUT2D eigenvalue weighted by molar-refractivity contribution is -0.665. The molecular weight excluding hydrogens is 328 g/mol. The van der Waals surface area contributed by atoms with Crippen LogP contribution in [-0.4, -0.2) is 37.5 Å². The number of benzene rings is 1. The van der Waals surface area contributed by atoms with Gasteiger partial charge >= 0.3 is 5.97 Å². The molecule has 0 bridgehead atoms. The average molecular weight is 342 g/mol. The summed E-state index contributed by atoms with van der Waals surface area (Å²) in [5.74, 6) is -0.989. The summed E-state index contributed by atoms with van der Waals surface area (Å²) in [7, 11) is 1.28. The summed E-state index contributed by atoms with van der Waals surface area (Å²) in [5, 5.41) is 1.53. The number of imide groups is 1. The van der Waals surface area contributed by atoms with Gasteiger partial charge in [-0.2, -0.15) is 0 Å². The standard InChI is InChI=1S/C13H13BrN2O4/c1-20-12(18)7-15-10-6-11(17)16(13(10)19)9-4-2-8(14)3-5-9/h2-5,10,15H,6-7H2,1H3/p+1/t10-/m1/s1. The SMILES string of the molecule is COC(=O)C[NH2+][C@@H]1CC(=O)N(c2ccc(Br)cc2)C1=O. The normalized spacial score (nSPS) is 18.5. The first-order valence-corrected chi connectivity index (χ1v) is 6.84. The van der Waals surface area contributed by atoms with Gasteiger partial charge in [0.25, 0.3) is 5.91 Å². The summed E-state index contributed by atoms with van der Waals surface area (Å²) in [4.78, 5) is 36.4. The first-order valence-electron chi connectivity index (χ1n) is 6.05. The molecule has 2 N–H and O–H groups in total. The van der Waals surface area contributed by atoms with E-state index in [1.54, 1.807) is 24.3 Å². The van der Waals surface area contributed by atoms with E-state index in [4.69, 9.17) is 0 Å². The molecule has 1 atom stereocenters. The summed E-state index contributed by atoms with van der Waals surface area (Å²) in [6.07, 6.45) is 0.0892. The fourth-order valence-electron chi connectivity index (χ4n) is 2.02. The molecule has 2 amide bonds. The molecule has 1 heterocycles. The van der Waals surface area contributed by atoms with Gasteiger partial charge in [-0.25, -0.2) is 9.69 Å². The molecule has 20 heavy (non-hydrogen) atoms. The van der Waals surface area contributed by atoms with E-state index < -0.39 is 12.0 Å². The molecule has 0 saturated carbocycles. The highest BCUT2D eigenvalue weighted by molar-refractivity contribution is 9.10. The van der Waals surface area contributed by atoms with E-state index in [-0.39, 0.29) is 24.8 Å². The molecule has 6 nitrogen and oxygen atoms in total. The summed E-state index contributed by atoms with van der Waals surface area (Å²) in [5.41, 5.74) is 0.539. The highest BCUT2D eigenvalue weighted by atomic mass is 79.9. The lowest BCUT2D eigenvalue weighted by atomic mass is 10.2. The fourth-order valence-corrected chi connectivity index (χ4v) is 2.29. The summed E-state index contributed by atoms with van der Waals surface area (Å²) in [6, 6.07) is 6.36. The molecule has 1 aliphatic heterocycles. The number of nitrogens with two attached hydrogens (primary N) is 1. The zero-order chi connectivity index (χ0) is 14.7. The van der Waals surface area contributed by atoms with Gasteiger partial charge < -0.3 is 10.1 Å². The summed E-state index contributed by atoms with van der Waals surface area (Å²) >= 11 is 3.30. The number of anilines is 1. The van der Waals surface area contributed by atoms with Crippen molar-refractivity contribution in [3.05, 3.63) is 28.7 Å². The van der Waals surface area contributed by atoms with Crippen LogP contribution in [-0.2, 0) is 19.1 Å². The van der Waals surface area contributed by atoms with Crippen molar-refractivity contribution >= 4 is 39.4 Å². The van der Waals surface area contributed by atoms with Crippen LogP contribution in [0.2, 0.25) is 0 Å². The number of halogens is 1. The minimum absolute atomic E-state index is 0.0222. The molecular formula is C13H14BrN2O4+. The number of methoxy groups -OCH3 is 1. The predicted molar refractivity (Wildman–Crippen MR) is 73.8 cm³/mol. The zero-order valence-electron chi connectivity index (χ0n) is 10.8.